The molecule has 7 nitrogen and oxygen atoms in total. The molecule has 32 heavy (non-hydrogen) atoms. The van der Waals surface area contributed by atoms with Crippen molar-refractivity contribution in [3.05, 3.63) is 84.2 Å². The molecule has 2 saturated heterocycles. The fourth-order valence-corrected chi connectivity index (χ4v) is 4.79. The molecule has 0 unspecified atom stereocenters. The predicted molar refractivity (Wildman–Crippen MR) is 114 cm³/mol. The van der Waals surface area contributed by atoms with Crippen LogP contribution in [0.3, 0.4) is 0 Å². The molecule has 2 aliphatic rings. The zero-order valence-corrected chi connectivity index (χ0v) is 17.1. The molecule has 2 amide bonds. The SMILES string of the molecule is O=C(c1cnccn1)N1CC(=O)N2[C@H](CO)[C@H](c3ccc(-c4cccc(F)c4)cc3)[C@H]2C1. The number of piperazine rings is 1. The van der Waals surface area contributed by atoms with Crippen molar-refractivity contribution in [2.24, 2.45) is 0 Å². The van der Waals surface area contributed by atoms with Crippen molar-refractivity contribution in [3.63, 3.8) is 0 Å². The lowest BCUT2D eigenvalue weighted by atomic mass is 9.73. The first kappa shape index (κ1) is 20.3. The number of carbonyl (C=O) groups excluding carboxylic acids is 2. The van der Waals surface area contributed by atoms with Crippen molar-refractivity contribution in [1.29, 1.82) is 0 Å². The van der Waals surface area contributed by atoms with Crippen LogP contribution in [0, 0.1) is 5.82 Å². The number of fused-ring (bicyclic) bond motifs is 1. The van der Waals surface area contributed by atoms with Gasteiger partial charge < -0.3 is 14.9 Å². The Balaban J connectivity index is 1.39. The number of carbonyl (C=O) groups is 2. The van der Waals surface area contributed by atoms with E-state index in [9.17, 15) is 19.1 Å². The van der Waals surface area contributed by atoms with Gasteiger partial charge in [0.15, 0.2) is 0 Å². The van der Waals surface area contributed by atoms with Crippen LogP contribution in [-0.4, -0.2) is 68.5 Å². The van der Waals surface area contributed by atoms with Crippen LogP contribution in [0.5, 0.6) is 0 Å². The molecule has 5 rings (SSSR count). The molecular weight excluding hydrogens is 411 g/mol. The highest BCUT2D eigenvalue weighted by Crippen LogP contribution is 2.43. The highest BCUT2D eigenvalue weighted by Gasteiger charge is 2.54. The average molecular weight is 432 g/mol. The van der Waals surface area contributed by atoms with Crippen molar-refractivity contribution < 1.29 is 19.1 Å². The van der Waals surface area contributed by atoms with E-state index in [4.69, 9.17) is 0 Å². The zero-order valence-electron chi connectivity index (χ0n) is 17.1. The molecule has 2 fully saturated rings. The number of hydrogen-bond acceptors (Lipinski definition) is 5. The van der Waals surface area contributed by atoms with Crippen LogP contribution in [0.4, 0.5) is 4.39 Å². The molecule has 0 saturated carbocycles. The van der Waals surface area contributed by atoms with Crippen molar-refractivity contribution in [3.8, 4) is 11.1 Å². The topological polar surface area (TPSA) is 86.6 Å². The molecule has 162 valence electrons. The maximum absolute atomic E-state index is 13.6. The molecule has 0 aliphatic carbocycles. The Morgan fingerprint density at radius 1 is 1.12 bits per heavy atom. The van der Waals surface area contributed by atoms with E-state index < -0.39 is 0 Å². The third-order valence-electron chi connectivity index (χ3n) is 6.28. The fraction of sp³-hybridized carbons (Fsp3) is 0.250. The average Bonchev–Trinajstić information content (AvgIpc) is 2.81. The Labute approximate surface area is 184 Å². The van der Waals surface area contributed by atoms with Crippen LogP contribution in [0.25, 0.3) is 11.1 Å². The van der Waals surface area contributed by atoms with Crippen molar-refractivity contribution >= 4 is 11.8 Å². The number of aromatic nitrogens is 2. The summed E-state index contributed by atoms with van der Waals surface area (Å²) in [4.78, 5) is 36.7. The number of hydrogen-bond donors (Lipinski definition) is 1. The summed E-state index contributed by atoms with van der Waals surface area (Å²) in [7, 11) is 0. The lowest BCUT2D eigenvalue weighted by molar-refractivity contribution is -0.159. The van der Waals surface area contributed by atoms with E-state index in [1.807, 2.05) is 30.3 Å². The summed E-state index contributed by atoms with van der Waals surface area (Å²) in [6, 6.07) is 13.5. The summed E-state index contributed by atoms with van der Waals surface area (Å²) >= 11 is 0. The van der Waals surface area contributed by atoms with E-state index in [2.05, 4.69) is 9.97 Å². The molecule has 0 bridgehead atoms. The van der Waals surface area contributed by atoms with Gasteiger partial charge in [-0.15, -0.1) is 0 Å². The van der Waals surface area contributed by atoms with E-state index in [-0.39, 0.29) is 54.5 Å². The maximum atomic E-state index is 13.6. The van der Waals surface area contributed by atoms with Crippen LogP contribution in [0.1, 0.15) is 22.0 Å². The minimum atomic E-state index is -0.334. The smallest absolute Gasteiger partial charge is 0.274 e. The number of nitrogens with zero attached hydrogens (tertiary/aromatic N) is 4. The van der Waals surface area contributed by atoms with Gasteiger partial charge >= 0.3 is 0 Å². The number of benzene rings is 2. The Kier molecular flexibility index (Phi) is 5.14. The second-order valence-corrected chi connectivity index (χ2v) is 8.05. The fourth-order valence-electron chi connectivity index (χ4n) is 4.79. The summed E-state index contributed by atoms with van der Waals surface area (Å²) in [5.74, 6) is -0.929. The van der Waals surface area contributed by atoms with Gasteiger partial charge in [0, 0.05) is 24.9 Å². The lowest BCUT2D eigenvalue weighted by Crippen LogP contribution is -2.73. The Morgan fingerprint density at radius 3 is 2.62 bits per heavy atom. The van der Waals surface area contributed by atoms with Crippen molar-refractivity contribution in [2.45, 2.75) is 18.0 Å². The third-order valence-corrected chi connectivity index (χ3v) is 6.28. The molecule has 1 aromatic heterocycles. The minimum absolute atomic E-state index is 0.0480. The zero-order chi connectivity index (χ0) is 22.2. The summed E-state index contributed by atoms with van der Waals surface area (Å²) in [6.07, 6.45) is 4.32. The first-order valence-corrected chi connectivity index (χ1v) is 10.4. The Hall–Kier alpha value is -3.65. The molecule has 1 N–H and O–H groups in total. The molecule has 8 heteroatoms. The van der Waals surface area contributed by atoms with Crippen molar-refractivity contribution in [1.82, 2.24) is 19.8 Å². The number of amides is 2. The van der Waals surface area contributed by atoms with Crippen molar-refractivity contribution in [2.75, 3.05) is 19.7 Å². The molecular formula is C24H21FN4O3. The molecule has 0 radical (unpaired) electrons. The number of halogens is 1. The van der Waals surface area contributed by atoms with Gasteiger partial charge in [0.25, 0.3) is 5.91 Å². The summed E-state index contributed by atoms with van der Waals surface area (Å²) in [6.45, 7) is 0.151. The van der Waals surface area contributed by atoms with Crippen LogP contribution in [-0.2, 0) is 4.79 Å². The van der Waals surface area contributed by atoms with E-state index >= 15 is 0 Å². The molecule has 3 aromatic rings. The normalized spacial score (nSPS) is 22.3. The molecule has 0 spiro atoms. The number of aliphatic hydroxyl groups is 1. The standard InChI is InChI=1S/C24H21FN4O3/c25-18-3-1-2-17(10-18)15-4-6-16(7-5-15)23-20-12-28(13-22(31)29(20)21(23)14-30)24(32)19-11-26-8-9-27-19/h1-11,20-21,23,30H,12-14H2/t20-,21-,23-/m1/s1. The van der Waals surface area contributed by atoms with Crippen LogP contribution in [0.2, 0.25) is 0 Å². The highest BCUT2D eigenvalue weighted by atomic mass is 19.1. The second kappa shape index (κ2) is 8.12. The van der Waals surface area contributed by atoms with Gasteiger partial charge in [0.1, 0.15) is 18.1 Å². The van der Waals surface area contributed by atoms with E-state index in [0.717, 1.165) is 16.7 Å². The summed E-state index contributed by atoms with van der Waals surface area (Å²) in [5, 5.41) is 9.96. The molecule has 2 aliphatic heterocycles. The van der Waals surface area contributed by atoms with Gasteiger partial charge in [-0.25, -0.2) is 9.37 Å². The van der Waals surface area contributed by atoms with Crippen LogP contribution < -0.4 is 0 Å². The minimum Gasteiger partial charge on any atom is -0.394 e. The van der Waals surface area contributed by atoms with Gasteiger partial charge in [-0.1, -0.05) is 36.4 Å². The molecule has 2 aromatic carbocycles. The van der Waals surface area contributed by atoms with Gasteiger partial charge in [-0.3, -0.25) is 14.6 Å². The first-order valence-electron chi connectivity index (χ1n) is 10.4. The van der Waals surface area contributed by atoms with Crippen LogP contribution in [0.15, 0.2) is 67.1 Å². The molecule has 3 heterocycles. The van der Waals surface area contributed by atoms with Crippen LogP contribution >= 0.6 is 0 Å². The Bertz CT molecular complexity index is 1160. The van der Waals surface area contributed by atoms with Gasteiger partial charge in [0.05, 0.1) is 24.9 Å². The lowest BCUT2D eigenvalue weighted by Gasteiger charge is -2.58. The Morgan fingerprint density at radius 2 is 1.94 bits per heavy atom. The first-order chi connectivity index (χ1) is 15.6. The van der Waals surface area contributed by atoms with Gasteiger partial charge in [-0.05, 0) is 28.8 Å². The third kappa shape index (κ3) is 3.42. The number of rotatable bonds is 4. The summed E-state index contributed by atoms with van der Waals surface area (Å²) in [5.41, 5.74) is 2.82. The number of aliphatic hydroxyl groups excluding tert-OH is 1. The highest BCUT2D eigenvalue weighted by molar-refractivity contribution is 5.96. The molecule has 3 atom stereocenters. The van der Waals surface area contributed by atoms with E-state index in [1.165, 1.54) is 35.6 Å². The predicted octanol–water partition coefficient (Wildman–Crippen LogP) is 2.09. The largest absolute Gasteiger partial charge is 0.394 e. The monoisotopic (exact) mass is 432 g/mol. The van der Waals surface area contributed by atoms with E-state index in [1.54, 1.807) is 11.0 Å². The summed E-state index contributed by atoms with van der Waals surface area (Å²) < 4.78 is 13.6. The van der Waals surface area contributed by atoms with Gasteiger partial charge in [0.2, 0.25) is 5.91 Å². The second-order valence-electron chi connectivity index (χ2n) is 8.05. The maximum Gasteiger partial charge on any atom is 0.274 e. The van der Waals surface area contributed by atoms with Gasteiger partial charge in [-0.2, -0.15) is 0 Å². The quantitative estimate of drug-likeness (QED) is 0.682. The van der Waals surface area contributed by atoms with E-state index in [0.29, 0.717) is 6.54 Å².